The number of nitrogens with one attached hydrogen (secondary N) is 1. The standard InChI is InChI=1S/C23H32N4O2/c1-16-13-17(2)27(25-16)21-14-18(9-10-22(21)29-3)23(28)24-15-19-7-6-12-26-11-5-4-8-20(19)26/h9-10,13-14,19-20H,4-8,11-12,15H2,1-3H3,(H,24,28)/t19-,20-/m1/s1. The Morgan fingerprint density at radius 1 is 1.17 bits per heavy atom. The van der Waals surface area contributed by atoms with Crippen LogP contribution in [0.5, 0.6) is 5.75 Å². The lowest BCUT2D eigenvalue weighted by Crippen LogP contribution is -2.51. The summed E-state index contributed by atoms with van der Waals surface area (Å²) in [6.45, 7) is 7.16. The van der Waals surface area contributed by atoms with Gasteiger partial charge in [-0.3, -0.25) is 4.79 Å². The molecule has 0 aliphatic carbocycles. The molecule has 0 radical (unpaired) electrons. The molecule has 6 nitrogen and oxygen atoms in total. The Morgan fingerprint density at radius 3 is 2.76 bits per heavy atom. The van der Waals surface area contributed by atoms with Gasteiger partial charge in [0, 0.05) is 23.8 Å². The van der Waals surface area contributed by atoms with Crippen LogP contribution < -0.4 is 10.1 Å². The van der Waals surface area contributed by atoms with Crippen molar-refractivity contribution in [1.29, 1.82) is 0 Å². The number of methoxy groups -OCH3 is 1. The molecule has 29 heavy (non-hydrogen) atoms. The Morgan fingerprint density at radius 2 is 2.00 bits per heavy atom. The topological polar surface area (TPSA) is 59.4 Å². The highest BCUT2D eigenvalue weighted by Crippen LogP contribution is 2.30. The number of benzene rings is 1. The predicted molar refractivity (Wildman–Crippen MR) is 114 cm³/mol. The van der Waals surface area contributed by atoms with Crippen LogP contribution in [-0.4, -0.2) is 53.4 Å². The second kappa shape index (κ2) is 8.57. The van der Waals surface area contributed by atoms with Crippen molar-refractivity contribution in [3.05, 3.63) is 41.2 Å². The fourth-order valence-corrected chi connectivity index (χ4v) is 5.01. The van der Waals surface area contributed by atoms with Gasteiger partial charge in [0.1, 0.15) is 11.4 Å². The molecule has 0 unspecified atom stereocenters. The summed E-state index contributed by atoms with van der Waals surface area (Å²) in [5.74, 6) is 1.24. The summed E-state index contributed by atoms with van der Waals surface area (Å²) in [6, 6.07) is 8.22. The van der Waals surface area contributed by atoms with Crippen molar-refractivity contribution in [1.82, 2.24) is 20.0 Å². The van der Waals surface area contributed by atoms with Crippen molar-refractivity contribution in [2.24, 2.45) is 5.92 Å². The molecule has 2 saturated heterocycles. The van der Waals surface area contributed by atoms with Gasteiger partial charge in [0.05, 0.1) is 12.8 Å². The highest BCUT2D eigenvalue weighted by atomic mass is 16.5. The zero-order chi connectivity index (χ0) is 20.4. The van der Waals surface area contributed by atoms with E-state index >= 15 is 0 Å². The minimum atomic E-state index is -0.0247. The van der Waals surface area contributed by atoms with E-state index in [1.807, 2.05) is 42.8 Å². The summed E-state index contributed by atoms with van der Waals surface area (Å²) in [5.41, 5.74) is 3.39. The molecular weight excluding hydrogens is 364 g/mol. The molecule has 6 heteroatoms. The maximum Gasteiger partial charge on any atom is 0.251 e. The van der Waals surface area contributed by atoms with Gasteiger partial charge in [-0.25, -0.2) is 4.68 Å². The maximum atomic E-state index is 12.9. The van der Waals surface area contributed by atoms with E-state index in [0.29, 0.717) is 23.3 Å². The van der Waals surface area contributed by atoms with Gasteiger partial charge in [-0.05, 0) is 82.8 Å². The lowest BCUT2D eigenvalue weighted by molar-refractivity contribution is 0.0575. The number of aryl methyl sites for hydroxylation is 2. The Labute approximate surface area is 173 Å². The van der Waals surface area contributed by atoms with E-state index in [2.05, 4.69) is 15.3 Å². The molecular formula is C23H32N4O2. The van der Waals surface area contributed by atoms with Gasteiger partial charge in [-0.2, -0.15) is 5.10 Å². The molecule has 1 aromatic heterocycles. The summed E-state index contributed by atoms with van der Waals surface area (Å²) in [5, 5.41) is 7.76. The zero-order valence-corrected chi connectivity index (χ0v) is 17.8. The van der Waals surface area contributed by atoms with Crippen molar-refractivity contribution in [2.75, 3.05) is 26.7 Å². The summed E-state index contributed by atoms with van der Waals surface area (Å²) < 4.78 is 7.35. The number of carbonyl (C=O) groups is 1. The molecule has 1 amide bonds. The maximum absolute atomic E-state index is 12.9. The molecule has 0 saturated carbocycles. The van der Waals surface area contributed by atoms with Crippen LogP contribution in [0.1, 0.15) is 53.8 Å². The van der Waals surface area contributed by atoms with Gasteiger partial charge in [-0.1, -0.05) is 6.42 Å². The molecule has 2 atom stereocenters. The van der Waals surface area contributed by atoms with Crippen molar-refractivity contribution < 1.29 is 9.53 Å². The first-order valence-corrected chi connectivity index (χ1v) is 10.8. The van der Waals surface area contributed by atoms with E-state index in [9.17, 15) is 4.79 Å². The quantitative estimate of drug-likeness (QED) is 0.840. The number of amides is 1. The van der Waals surface area contributed by atoms with Gasteiger partial charge in [-0.15, -0.1) is 0 Å². The first kappa shape index (κ1) is 20.0. The Kier molecular flexibility index (Phi) is 5.90. The number of rotatable bonds is 5. The first-order chi connectivity index (χ1) is 14.1. The average molecular weight is 397 g/mol. The van der Waals surface area contributed by atoms with Crippen molar-refractivity contribution in [2.45, 2.75) is 52.0 Å². The highest BCUT2D eigenvalue weighted by Gasteiger charge is 2.33. The number of fused-ring (bicyclic) bond motifs is 1. The smallest absolute Gasteiger partial charge is 0.251 e. The molecule has 1 aromatic carbocycles. The predicted octanol–water partition coefficient (Wildman–Crippen LogP) is 3.49. The lowest BCUT2D eigenvalue weighted by Gasteiger charge is -2.44. The van der Waals surface area contributed by atoms with Gasteiger partial charge >= 0.3 is 0 Å². The van der Waals surface area contributed by atoms with Gasteiger partial charge in [0.25, 0.3) is 5.91 Å². The number of piperidine rings is 2. The minimum absolute atomic E-state index is 0.0247. The van der Waals surface area contributed by atoms with Crippen LogP contribution in [0.2, 0.25) is 0 Å². The molecule has 4 rings (SSSR count). The minimum Gasteiger partial charge on any atom is -0.494 e. The van der Waals surface area contributed by atoms with E-state index < -0.39 is 0 Å². The van der Waals surface area contributed by atoms with Gasteiger partial charge < -0.3 is 15.0 Å². The van der Waals surface area contributed by atoms with Crippen molar-refractivity contribution >= 4 is 5.91 Å². The molecule has 1 N–H and O–H groups in total. The second-order valence-corrected chi connectivity index (χ2v) is 8.44. The van der Waals surface area contributed by atoms with E-state index in [4.69, 9.17) is 4.74 Å². The Balaban J connectivity index is 1.49. The highest BCUT2D eigenvalue weighted by molar-refractivity contribution is 5.95. The van der Waals surface area contributed by atoms with Crippen LogP contribution in [-0.2, 0) is 0 Å². The van der Waals surface area contributed by atoms with E-state index in [0.717, 1.165) is 23.6 Å². The van der Waals surface area contributed by atoms with Gasteiger partial charge in [0.15, 0.2) is 0 Å². The van der Waals surface area contributed by atoms with Crippen LogP contribution in [0, 0.1) is 19.8 Å². The summed E-state index contributed by atoms with van der Waals surface area (Å²) >= 11 is 0. The zero-order valence-electron chi connectivity index (χ0n) is 17.8. The fourth-order valence-electron chi connectivity index (χ4n) is 5.01. The van der Waals surface area contributed by atoms with Crippen LogP contribution in [0.4, 0.5) is 0 Å². The monoisotopic (exact) mass is 396 g/mol. The molecule has 2 aliphatic rings. The molecule has 2 aliphatic heterocycles. The SMILES string of the molecule is COc1ccc(C(=O)NC[C@H]2CCCN3CCCC[C@H]23)cc1-n1nc(C)cc1C. The van der Waals surface area contributed by atoms with Crippen LogP contribution in [0.15, 0.2) is 24.3 Å². The van der Waals surface area contributed by atoms with Crippen LogP contribution >= 0.6 is 0 Å². The van der Waals surface area contributed by atoms with Crippen LogP contribution in [0.3, 0.4) is 0 Å². The molecule has 3 heterocycles. The molecule has 2 fully saturated rings. The average Bonchev–Trinajstić information content (AvgIpc) is 3.09. The third kappa shape index (κ3) is 4.17. The summed E-state index contributed by atoms with van der Waals surface area (Å²) in [4.78, 5) is 15.6. The van der Waals surface area contributed by atoms with E-state index in [-0.39, 0.29) is 5.91 Å². The number of hydrogen-bond acceptors (Lipinski definition) is 4. The third-order valence-electron chi connectivity index (χ3n) is 6.43. The normalized spacial score (nSPS) is 22.2. The summed E-state index contributed by atoms with van der Waals surface area (Å²) in [7, 11) is 1.64. The van der Waals surface area contributed by atoms with Crippen molar-refractivity contribution in [3.63, 3.8) is 0 Å². The number of aromatic nitrogens is 2. The summed E-state index contributed by atoms with van der Waals surface area (Å²) in [6.07, 6.45) is 6.35. The first-order valence-electron chi connectivity index (χ1n) is 10.8. The molecule has 0 spiro atoms. The van der Waals surface area contributed by atoms with Crippen molar-refractivity contribution in [3.8, 4) is 11.4 Å². The Hall–Kier alpha value is -2.34. The number of ether oxygens (including phenoxy) is 1. The second-order valence-electron chi connectivity index (χ2n) is 8.44. The van der Waals surface area contributed by atoms with E-state index in [1.165, 1.54) is 45.2 Å². The fraction of sp³-hybridized carbons (Fsp3) is 0.565. The lowest BCUT2D eigenvalue weighted by atomic mass is 9.83. The van der Waals surface area contributed by atoms with E-state index in [1.54, 1.807) is 7.11 Å². The van der Waals surface area contributed by atoms with Gasteiger partial charge in [0.2, 0.25) is 0 Å². The Bertz CT molecular complexity index is 874. The molecule has 156 valence electrons. The van der Waals surface area contributed by atoms with Crippen LogP contribution in [0.25, 0.3) is 5.69 Å². The number of hydrogen-bond donors (Lipinski definition) is 1. The number of nitrogens with zero attached hydrogens (tertiary/aromatic N) is 3. The number of carbonyl (C=O) groups excluding carboxylic acids is 1. The third-order valence-corrected chi connectivity index (χ3v) is 6.43. The molecule has 0 bridgehead atoms. The molecule has 2 aromatic rings. The largest absolute Gasteiger partial charge is 0.494 e.